The van der Waals surface area contributed by atoms with Crippen LogP contribution in [0.3, 0.4) is 0 Å². The van der Waals surface area contributed by atoms with Gasteiger partial charge < -0.3 is 14.4 Å². The smallest absolute Gasteiger partial charge is 0.337 e. The van der Waals surface area contributed by atoms with Crippen molar-refractivity contribution in [2.75, 3.05) is 26.8 Å². The molecule has 1 saturated heterocycles. The van der Waals surface area contributed by atoms with Crippen molar-refractivity contribution in [3.8, 4) is 0 Å². The lowest BCUT2D eigenvalue weighted by atomic mass is 9.92. The third-order valence-electron chi connectivity index (χ3n) is 4.30. The van der Waals surface area contributed by atoms with Gasteiger partial charge in [0.15, 0.2) is 6.61 Å². The Morgan fingerprint density at radius 2 is 1.73 bits per heavy atom. The number of amides is 1. The topological polar surface area (TPSA) is 72.9 Å². The van der Waals surface area contributed by atoms with Crippen molar-refractivity contribution < 1.29 is 23.9 Å². The zero-order chi connectivity index (χ0) is 19.1. The van der Waals surface area contributed by atoms with Gasteiger partial charge >= 0.3 is 11.9 Å². The number of benzene rings is 1. The molecule has 0 aliphatic carbocycles. The first-order valence-electron chi connectivity index (χ1n) is 8.70. The highest BCUT2D eigenvalue weighted by Gasteiger charge is 2.25. The van der Waals surface area contributed by atoms with Crippen LogP contribution in [0.25, 0.3) is 6.08 Å². The first-order valence-corrected chi connectivity index (χ1v) is 8.70. The minimum atomic E-state index is -0.575. The summed E-state index contributed by atoms with van der Waals surface area (Å²) in [5.74, 6) is -0.224. The number of carbonyl (C=O) groups excluding carboxylic acids is 3. The third-order valence-corrected chi connectivity index (χ3v) is 4.30. The first-order chi connectivity index (χ1) is 12.4. The summed E-state index contributed by atoms with van der Waals surface area (Å²) in [4.78, 5) is 37.1. The number of esters is 2. The Balaban J connectivity index is 1.81. The monoisotopic (exact) mass is 359 g/mol. The summed E-state index contributed by atoms with van der Waals surface area (Å²) in [6, 6.07) is 6.60. The number of rotatable bonds is 5. The van der Waals surface area contributed by atoms with Crippen molar-refractivity contribution in [1.29, 1.82) is 0 Å². The molecule has 1 aliphatic heterocycles. The SMILES string of the molecule is COC(=O)c1ccc(/C=C/C(=O)OCC(=O)N2C[C@@H](C)C[C@H](C)C2)cc1. The fourth-order valence-electron chi connectivity index (χ4n) is 3.15. The number of nitrogens with zero attached hydrogens (tertiary/aromatic N) is 1. The second kappa shape index (κ2) is 9.17. The van der Waals surface area contributed by atoms with Gasteiger partial charge in [-0.1, -0.05) is 26.0 Å². The van der Waals surface area contributed by atoms with E-state index >= 15 is 0 Å². The van der Waals surface area contributed by atoms with Crippen LogP contribution in [0.15, 0.2) is 30.3 Å². The van der Waals surface area contributed by atoms with Gasteiger partial charge in [0, 0.05) is 19.2 Å². The number of methoxy groups -OCH3 is 1. The summed E-state index contributed by atoms with van der Waals surface area (Å²) >= 11 is 0. The van der Waals surface area contributed by atoms with Crippen molar-refractivity contribution in [2.24, 2.45) is 11.8 Å². The van der Waals surface area contributed by atoms with Gasteiger partial charge in [0.2, 0.25) is 0 Å². The lowest BCUT2D eigenvalue weighted by molar-refractivity contribution is -0.149. The summed E-state index contributed by atoms with van der Waals surface area (Å²) < 4.78 is 9.66. The molecular weight excluding hydrogens is 334 g/mol. The Morgan fingerprint density at radius 3 is 2.31 bits per heavy atom. The van der Waals surface area contributed by atoms with Crippen LogP contribution >= 0.6 is 0 Å². The van der Waals surface area contributed by atoms with E-state index in [0.717, 1.165) is 12.0 Å². The van der Waals surface area contributed by atoms with E-state index in [9.17, 15) is 14.4 Å². The van der Waals surface area contributed by atoms with E-state index in [-0.39, 0.29) is 12.5 Å². The molecule has 0 aromatic heterocycles. The average molecular weight is 359 g/mol. The van der Waals surface area contributed by atoms with Crippen molar-refractivity contribution in [2.45, 2.75) is 20.3 Å². The number of hydrogen-bond acceptors (Lipinski definition) is 5. The van der Waals surface area contributed by atoms with Gasteiger partial charge in [-0.2, -0.15) is 0 Å². The molecule has 1 aromatic rings. The Kier molecular flexibility index (Phi) is 6.95. The average Bonchev–Trinajstić information content (AvgIpc) is 2.63. The second-order valence-corrected chi connectivity index (χ2v) is 6.80. The number of likely N-dealkylation sites (tertiary alicyclic amines) is 1. The highest BCUT2D eigenvalue weighted by Crippen LogP contribution is 2.20. The Labute approximate surface area is 153 Å². The molecule has 1 aromatic carbocycles. The van der Waals surface area contributed by atoms with Gasteiger partial charge in [-0.05, 0) is 42.0 Å². The molecule has 0 bridgehead atoms. The molecule has 0 radical (unpaired) electrons. The van der Waals surface area contributed by atoms with Gasteiger partial charge in [0.1, 0.15) is 0 Å². The molecule has 140 valence electrons. The molecule has 6 heteroatoms. The molecule has 26 heavy (non-hydrogen) atoms. The van der Waals surface area contributed by atoms with Crippen LogP contribution in [0.2, 0.25) is 0 Å². The molecule has 0 unspecified atom stereocenters. The third kappa shape index (κ3) is 5.72. The van der Waals surface area contributed by atoms with E-state index in [2.05, 4.69) is 18.6 Å². The normalized spacial score (nSPS) is 20.0. The predicted octanol–water partition coefficient (Wildman–Crippen LogP) is 2.53. The maximum atomic E-state index is 12.2. The minimum Gasteiger partial charge on any atom is -0.465 e. The Hall–Kier alpha value is -2.63. The standard InChI is InChI=1S/C20H25NO5/c1-14-10-15(2)12-21(11-14)18(22)13-26-19(23)9-6-16-4-7-17(8-5-16)20(24)25-3/h4-9,14-15H,10-13H2,1-3H3/b9-6+/t14-,15-/m0/s1. The van der Waals surface area contributed by atoms with Crippen molar-refractivity contribution in [3.63, 3.8) is 0 Å². The number of carbonyl (C=O) groups is 3. The predicted molar refractivity (Wildman–Crippen MR) is 97.3 cm³/mol. The lowest BCUT2D eigenvalue weighted by Gasteiger charge is -2.34. The number of piperidine rings is 1. The lowest BCUT2D eigenvalue weighted by Crippen LogP contribution is -2.44. The molecule has 2 atom stereocenters. The number of ether oxygens (including phenoxy) is 2. The zero-order valence-electron chi connectivity index (χ0n) is 15.4. The van der Waals surface area contributed by atoms with Crippen molar-refractivity contribution in [3.05, 3.63) is 41.5 Å². The van der Waals surface area contributed by atoms with Crippen LogP contribution < -0.4 is 0 Å². The summed E-state index contributed by atoms with van der Waals surface area (Å²) in [5, 5.41) is 0. The summed E-state index contributed by atoms with van der Waals surface area (Å²) in [6.07, 6.45) is 3.95. The highest BCUT2D eigenvalue weighted by atomic mass is 16.5. The molecular formula is C20H25NO5. The Bertz CT molecular complexity index is 670. The van der Waals surface area contributed by atoms with Crippen LogP contribution in [-0.4, -0.2) is 49.6 Å². The van der Waals surface area contributed by atoms with E-state index in [0.29, 0.717) is 30.5 Å². The summed E-state index contributed by atoms with van der Waals surface area (Å²) in [6.45, 7) is 5.42. The first kappa shape index (κ1) is 19.7. The molecule has 0 N–H and O–H groups in total. The van der Waals surface area contributed by atoms with Gasteiger partial charge in [-0.15, -0.1) is 0 Å². The van der Waals surface area contributed by atoms with Crippen LogP contribution in [0, 0.1) is 11.8 Å². The molecule has 1 fully saturated rings. The van der Waals surface area contributed by atoms with Crippen LogP contribution in [0.4, 0.5) is 0 Å². The maximum Gasteiger partial charge on any atom is 0.337 e. The highest BCUT2D eigenvalue weighted by molar-refractivity contribution is 5.91. The van der Waals surface area contributed by atoms with Crippen LogP contribution in [0.1, 0.15) is 36.2 Å². The Morgan fingerprint density at radius 1 is 1.12 bits per heavy atom. The van der Waals surface area contributed by atoms with Gasteiger partial charge in [0.05, 0.1) is 12.7 Å². The molecule has 2 rings (SSSR count). The molecule has 1 heterocycles. The van der Waals surface area contributed by atoms with E-state index < -0.39 is 11.9 Å². The van der Waals surface area contributed by atoms with Gasteiger partial charge in [-0.25, -0.2) is 9.59 Å². The van der Waals surface area contributed by atoms with Crippen LogP contribution in [0.5, 0.6) is 0 Å². The minimum absolute atomic E-state index is 0.160. The van der Waals surface area contributed by atoms with Crippen molar-refractivity contribution in [1.82, 2.24) is 4.90 Å². The molecule has 6 nitrogen and oxygen atoms in total. The van der Waals surface area contributed by atoms with Gasteiger partial charge in [0.25, 0.3) is 5.91 Å². The maximum absolute atomic E-state index is 12.2. The van der Waals surface area contributed by atoms with E-state index in [1.54, 1.807) is 35.2 Å². The van der Waals surface area contributed by atoms with Crippen LogP contribution in [-0.2, 0) is 19.1 Å². The fourth-order valence-corrected chi connectivity index (χ4v) is 3.15. The van der Waals surface area contributed by atoms with E-state index in [4.69, 9.17) is 4.74 Å². The van der Waals surface area contributed by atoms with Crippen molar-refractivity contribution >= 4 is 23.9 Å². The number of hydrogen-bond donors (Lipinski definition) is 0. The van der Waals surface area contributed by atoms with E-state index in [1.807, 2.05) is 0 Å². The summed E-state index contributed by atoms with van der Waals surface area (Å²) in [5.41, 5.74) is 1.17. The largest absolute Gasteiger partial charge is 0.465 e. The van der Waals surface area contributed by atoms with E-state index in [1.165, 1.54) is 13.2 Å². The fraction of sp³-hybridized carbons (Fsp3) is 0.450. The molecule has 1 aliphatic rings. The summed E-state index contributed by atoms with van der Waals surface area (Å²) in [7, 11) is 1.32. The zero-order valence-corrected chi connectivity index (χ0v) is 15.4. The van der Waals surface area contributed by atoms with Gasteiger partial charge in [-0.3, -0.25) is 4.79 Å². The molecule has 1 amide bonds. The quantitative estimate of drug-likeness (QED) is 0.597. The second-order valence-electron chi connectivity index (χ2n) is 6.80. The molecule has 0 spiro atoms. The molecule has 0 saturated carbocycles.